The van der Waals surface area contributed by atoms with E-state index in [0.717, 1.165) is 11.1 Å². The van der Waals surface area contributed by atoms with Crippen molar-refractivity contribution in [2.45, 2.75) is 26.3 Å². The summed E-state index contributed by atoms with van der Waals surface area (Å²) in [5.74, 6) is -0.421. The summed E-state index contributed by atoms with van der Waals surface area (Å²) >= 11 is 2.27. The Bertz CT molecular complexity index is 724. The first kappa shape index (κ1) is 19.4. The van der Waals surface area contributed by atoms with Crippen molar-refractivity contribution in [1.29, 1.82) is 0 Å². The standard InChI is InChI=1S/C20H22INO3/c1-13(2)12-18(20(24)25-3)22-19(23)16-6-4-14(5-7-16)15-8-10-17(21)11-9-15/h4-11,13,18H,12H2,1-3H3,(H,22,23)/t18-/m1/s1. The molecule has 0 aliphatic heterocycles. The van der Waals surface area contributed by atoms with Crippen LogP contribution in [0.2, 0.25) is 0 Å². The van der Waals surface area contributed by atoms with E-state index in [9.17, 15) is 9.59 Å². The molecule has 0 unspecified atom stereocenters. The van der Waals surface area contributed by atoms with Crippen LogP contribution < -0.4 is 5.32 Å². The van der Waals surface area contributed by atoms with Crippen molar-refractivity contribution in [1.82, 2.24) is 5.32 Å². The molecule has 1 atom stereocenters. The monoisotopic (exact) mass is 451 g/mol. The molecule has 0 saturated heterocycles. The van der Waals surface area contributed by atoms with E-state index in [1.807, 2.05) is 50.2 Å². The lowest BCUT2D eigenvalue weighted by atomic mass is 10.0. The van der Waals surface area contributed by atoms with Crippen LogP contribution in [-0.2, 0) is 9.53 Å². The van der Waals surface area contributed by atoms with Crippen molar-refractivity contribution in [2.24, 2.45) is 5.92 Å². The SMILES string of the molecule is COC(=O)[C@@H](CC(C)C)NC(=O)c1ccc(-c2ccc(I)cc2)cc1. The average Bonchev–Trinajstić information content (AvgIpc) is 2.61. The van der Waals surface area contributed by atoms with Gasteiger partial charge in [0.25, 0.3) is 5.91 Å². The molecule has 2 rings (SSSR count). The highest BCUT2D eigenvalue weighted by Crippen LogP contribution is 2.21. The molecule has 0 bridgehead atoms. The molecule has 0 radical (unpaired) electrons. The van der Waals surface area contributed by atoms with Crippen LogP contribution in [0, 0.1) is 9.49 Å². The van der Waals surface area contributed by atoms with Gasteiger partial charge in [-0.15, -0.1) is 0 Å². The fourth-order valence-electron chi connectivity index (χ4n) is 2.53. The van der Waals surface area contributed by atoms with Crippen LogP contribution >= 0.6 is 22.6 Å². The van der Waals surface area contributed by atoms with Gasteiger partial charge in [-0.1, -0.05) is 38.1 Å². The Morgan fingerprint density at radius 3 is 2.00 bits per heavy atom. The third kappa shape index (κ3) is 5.56. The summed E-state index contributed by atoms with van der Waals surface area (Å²) in [6.45, 7) is 4.00. The maximum Gasteiger partial charge on any atom is 0.328 e. The highest BCUT2D eigenvalue weighted by Gasteiger charge is 2.23. The second kappa shape index (κ2) is 8.99. The van der Waals surface area contributed by atoms with Crippen molar-refractivity contribution in [3.05, 3.63) is 57.7 Å². The third-order valence-electron chi connectivity index (χ3n) is 3.82. The highest BCUT2D eigenvalue weighted by molar-refractivity contribution is 14.1. The van der Waals surface area contributed by atoms with Crippen molar-refractivity contribution in [3.8, 4) is 11.1 Å². The third-order valence-corrected chi connectivity index (χ3v) is 4.54. The first-order valence-corrected chi connectivity index (χ1v) is 9.23. The number of carbonyl (C=O) groups is 2. The van der Waals surface area contributed by atoms with E-state index >= 15 is 0 Å². The quantitative estimate of drug-likeness (QED) is 0.527. The van der Waals surface area contributed by atoms with Crippen LogP contribution in [0.5, 0.6) is 0 Å². The van der Waals surface area contributed by atoms with Crippen LogP contribution in [0.1, 0.15) is 30.6 Å². The number of benzene rings is 2. The average molecular weight is 451 g/mol. The maximum absolute atomic E-state index is 12.4. The summed E-state index contributed by atoms with van der Waals surface area (Å²) in [6.07, 6.45) is 0.541. The zero-order valence-electron chi connectivity index (χ0n) is 14.6. The number of hydrogen-bond donors (Lipinski definition) is 1. The number of carbonyl (C=O) groups excluding carboxylic acids is 2. The molecule has 4 nitrogen and oxygen atoms in total. The molecule has 0 fully saturated rings. The van der Waals surface area contributed by atoms with Gasteiger partial charge < -0.3 is 10.1 Å². The van der Waals surface area contributed by atoms with E-state index in [1.165, 1.54) is 10.7 Å². The Morgan fingerprint density at radius 2 is 1.52 bits per heavy atom. The summed E-state index contributed by atoms with van der Waals surface area (Å²) < 4.78 is 5.96. The fraction of sp³-hybridized carbons (Fsp3) is 0.300. The molecule has 2 aromatic rings. The Labute approximate surface area is 162 Å². The number of hydrogen-bond acceptors (Lipinski definition) is 3. The fourth-order valence-corrected chi connectivity index (χ4v) is 2.89. The Kier molecular flexibility index (Phi) is 6.99. The summed E-state index contributed by atoms with van der Waals surface area (Å²) in [7, 11) is 1.33. The lowest BCUT2D eigenvalue weighted by Crippen LogP contribution is -2.42. The zero-order valence-corrected chi connectivity index (χ0v) is 16.7. The van der Waals surface area contributed by atoms with E-state index in [4.69, 9.17) is 4.74 Å². The Morgan fingerprint density at radius 1 is 1.00 bits per heavy atom. The Hall–Kier alpha value is -1.89. The largest absolute Gasteiger partial charge is 0.467 e. The molecular formula is C20H22INO3. The lowest BCUT2D eigenvalue weighted by molar-refractivity contribution is -0.143. The van der Waals surface area contributed by atoms with E-state index in [0.29, 0.717) is 12.0 Å². The molecule has 1 amide bonds. The lowest BCUT2D eigenvalue weighted by Gasteiger charge is -2.18. The number of rotatable bonds is 6. The van der Waals surface area contributed by atoms with Crippen molar-refractivity contribution >= 4 is 34.5 Å². The molecule has 0 aliphatic rings. The predicted molar refractivity (Wildman–Crippen MR) is 107 cm³/mol. The molecule has 5 heteroatoms. The molecule has 1 N–H and O–H groups in total. The highest BCUT2D eigenvalue weighted by atomic mass is 127. The van der Waals surface area contributed by atoms with Crippen molar-refractivity contribution in [2.75, 3.05) is 7.11 Å². The molecule has 0 saturated carbocycles. The minimum Gasteiger partial charge on any atom is -0.467 e. The number of halogens is 1. The summed E-state index contributed by atoms with van der Waals surface area (Å²) in [5, 5.41) is 2.77. The second-order valence-electron chi connectivity index (χ2n) is 6.26. The summed E-state index contributed by atoms with van der Waals surface area (Å²) in [5.41, 5.74) is 2.66. The number of nitrogens with one attached hydrogen (secondary N) is 1. The van der Waals surface area contributed by atoms with E-state index < -0.39 is 12.0 Å². The normalized spacial score (nSPS) is 11.9. The summed E-state index contributed by atoms with van der Waals surface area (Å²) in [6, 6.07) is 14.9. The van der Waals surface area contributed by atoms with Gasteiger partial charge >= 0.3 is 5.97 Å². The molecule has 0 heterocycles. The van der Waals surface area contributed by atoms with Crippen molar-refractivity contribution in [3.63, 3.8) is 0 Å². The zero-order chi connectivity index (χ0) is 18.4. The molecule has 0 spiro atoms. The minimum atomic E-state index is -0.631. The van der Waals surface area contributed by atoms with E-state index in [2.05, 4.69) is 27.9 Å². The van der Waals surface area contributed by atoms with Crippen LogP contribution in [0.3, 0.4) is 0 Å². The Balaban J connectivity index is 2.11. The molecule has 25 heavy (non-hydrogen) atoms. The molecule has 2 aromatic carbocycles. The van der Waals surface area contributed by atoms with Crippen LogP contribution in [0.15, 0.2) is 48.5 Å². The number of ether oxygens (including phenoxy) is 1. The van der Waals surface area contributed by atoms with Gasteiger partial charge in [-0.25, -0.2) is 4.79 Å². The maximum atomic E-state index is 12.4. The van der Waals surface area contributed by atoms with Crippen LogP contribution in [0.25, 0.3) is 11.1 Å². The van der Waals surface area contributed by atoms with Gasteiger partial charge in [-0.05, 0) is 70.3 Å². The number of esters is 1. The van der Waals surface area contributed by atoms with E-state index in [1.54, 1.807) is 12.1 Å². The van der Waals surface area contributed by atoms with Crippen LogP contribution in [0.4, 0.5) is 0 Å². The van der Waals surface area contributed by atoms with Gasteiger partial charge in [0.1, 0.15) is 6.04 Å². The van der Waals surface area contributed by atoms with Gasteiger partial charge in [-0.2, -0.15) is 0 Å². The first-order chi connectivity index (χ1) is 11.9. The van der Waals surface area contributed by atoms with Gasteiger partial charge in [0, 0.05) is 9.13 Å². The van der Waals surface area contributed by atoms with Gasteiger partial charge in [0.05, 0.1) is 7.11 Å². The minimum absolute atomic E-state index is 0.271. The second-order valence-corrected chi connectivity index (χ2v) is 7.51. The molecule has 132 valence electrons. The van der Waals surface area contributed by atoms with Crippen molar-refractivity contribution < 1.29 is 14.3 Å². The predicted octanol–water partition coefficient (Wildman–Crippen LogP) is 4.28. The van der Waals surface area contributed by atoms with E-state index in [-0.39, 0.29) is 11.8 Å². The molecule has 0 aliphatic carbocycles. The van der Waals surface area contributed by atoms with Gasteiger partial charge in [0.2, 0.25) is 0 Å². The van der Waals surface area contributed by atoms with Gasteiger partial charge in [0.15, 0.2) is 0 Å². The first-order valence-electron chi connectivity index (χ1n) is 8.15. The smallest absolute Gasteiger partial charge is 0.328 e. The summed E-state index contributed by atoms with van der Waals surface area (Å²) in [4.78, 5) is 24.3. The topological polar surface area (TPSA) is 55.4 Å². The number of methoxy groups -OCH3 is 1. The molecule has 0 aromatic heterocycles. The van der Waals surface area contributed by atoms with Crippen LogP contribution in [-0.4, -0.2) is 25.0 Å². The molecular weight excluding hydrogens is 429 g/mol. The van der Waals surface area contributed by atoms with Gasteiger partial charge in [-0.3, -0.25) is 4.79 Å². The number of amides is 1.